The topological polar surface area (TPSA) is 9.23 Å². The van der Waals surface area contributed by atoms with Crippen LogP contribution in [0.5, 0.6) is 0 Å². The molecule has 0 aromatic rings. The summed E-state index contributed by atoms with van der Waals surface area (Å²) in [5.41, 5.74) is 1.38. The maximum Gasteiger partial charge on any atom is 0.0822 e. The van der Waals surface area contributed by atoms with E-state index in [-0.39, 0.29) is 0 Å². The third kappa shape index (κ3) is 0.907. The summed E-state index contributed by atoms with van der Waals surface area (Å²) >= 11 is 0. The van der Waals surface area contributed by atoms with Crippen molar-refractivity contribution >= 4 is 0 Å². The Morgan fingerprint density at radius 1 is 1.60 bits per heavy atom. The van der Waals surface area contributed by atoms with Crippen LogP contribution in [0.1, 0.15) is 13.3 Å². The number of hydrogen-bond acceptors (Lipinski definition) is 1. The SMILES string of the molecule is CC1=CC2CCOC2C=C1. The van der Waals surface area contributed by atoms with Gasteiger partial charge in [-0.2, -0.15) is 0 Å². The van der Waals surface area contributed by atoms with Gasteiger partial charge in [-0.05, 0) is 13.3 Å². The Balaban J connectivity index is 2.20. The first kappa shape index (κ1) is 6.17. The van der Waals surface area contributed by atoms with Crippen molar-refractivity contribution in [2.75, 3.05) is 6.61 Å². The number of hydrogen-bond donors (Lipinski definition) is 0. The van der Waals surface area contributed by atoms with Gasteiger partial charge in [-0.15, -0.1) is 0 Å². The molecule has 1 saturated heterocycles. The Labute approximate surface area is 61.4 Å². The monoisotopic (exact) mass is 136 g/mol. The summed E-state index contributed by atoms with van der Waals surface area (Å²) in [6, 6.07) is 0. The fourth-order valence-corrected chi connectivity index (χ4v) is 1.64. The Kier molecular flexibility index (Phi) is 1.38. The van der Waals surface area contributed by atoms with E-state index >= 15 is 0 Å². The van der Waals surface area contributed by atoms with Crippen molar-refractivity contribution in [2.45, 2.75) is 19.4 Å². The van der Waals surface area contributed by atoms with Crippen LogP contribution in [0, 0.1) is 5.92 Å². The lowest BCUT2D eigenvalue weighted by Crippen LogP contribution is -2.13. The summed E-state index contributed by atoms with van der Waals surface area (Å²) in [5.74, 6) is 0.671. The highest BCUT2D eigenvalue weighted by molar-refractivity contribution is 5.25. The largest absolute Gasteiger partial charge is 0.374 e. The average molecular weight is 136 g/mol. The first-order chi connectivity index (χ1) is 4.86. The minimum absolute atomic E-state index is 0.392. The van der Waals surface area contributed by atoms with Gasteiger partial charge in [-0.3, -0.25) is 0 Å². The van der Waals surface area contributed by atoms with Crippen LogP contribution in [-0.2, 0) is 4.74 Å². The zero-order valence-electron chi connectivity index (χ0n) is 6.21. The van der Waals surface area contributed by atoms with Gasteiger partial charge in [0.25, 0.3) is 0 Å². The van der Waals surface area contributed by atoms with Gasteiger partial charge in [-0.25, -0.2) is 0 Å². The lowest BCUT2D eigenvalue weighted by atomic mass is 9.94. The fraction of sp³-hybridized carbons (Fsp3) is 0.556. The van der Waals surface area contributed by atoms with Gasteiger partial charge in [0.15, 0.2) is 0 Å². The van der Waals surface area contributed by atoms with Crippen molar-refractivity contribution in [2.24, 2.45) is 5.92 Å². The smallest absolute Gasteiger partial charge is 0.0822 e. The molecule has 54 valence electrons. The third-order valence-electron chi connectivity index (χ3n) is 2.21. The second-order valence-electron chi connectivity index (χ2n) is 3.06. The summed E-state index contributed by atoms with van der Waals surface area (Å²) in [4.78, 5) is 0. The highest BCUT2D eigenvalue weighted by Gasteiger charge is 2.25. The Morgan fingerprint density at radius 3 is 3.40 bits per heavy atom. The molecule has 1 fully saturated rings. The highest BCUT2D eigenvalue weighted by atomic mass is 16.5. The van der Waals surface area contributed by atoms with Crippen LogP contribution in [0.4, 0.5) is 0 Å². The van der Waals surface area contributed by atoms with Crippen molar-refractivity contribution < 1.29 is 4.74 Å². The predicted molar refractivity (Wildman–Crippen MR) is 40.7 cm³/mol. The Bertz CT molecular complexity index is 191. The molecular weight excluding hydrogens is 124 g/mol. The second kappa shape index (κ2) is 2.24. The molecule has 0 aromatic carbocycles. The van der Waals surface area contributed by atoms with Gasteiger partial charge >= 0.3 is 0 Å². The van der Waals surface area contributed by atoms with Crippen LogP contribution < -0.4 is 0 Å². The molecule has 10 heavy (non-hydrogen) atoms. The van der Waals surface area contributed by atoms with Gasteiger partial charge in [0.2, 0.25) is 0 Å². The molecule has 2 rings (SSSR count). The second-order valence-corrected chi connectivity index (χ2v) is 3.06. The fourth-order valence-electron chi connectivity index (χ4n) is 1.64. The highest BCUT2D eigenvalue weighted by Crippen LogP contribution is 2.27. The molecule has 2 aliphatic rings. The van der Waals surface area contributed by atoms with Gasteiger partial charge < -0.3 is 4.74 Å². The molecular formula is C9H12O. The van der Waals surface area contributed by atoms with Crippen molar-refractivity contribution in [3.8, 4) is 0 Å². The van der Waals surface area contributed by atoms with Crippen LogP contribution in [0.15, 0.2) is 23.8 Å². The molecule has 0 bridgehead atoms. The number of rotatable bonds is 0. The molecule has 0 saturated carbocycles. The first-order valence-corrected chi connectivity index (χ1v) is 3.84. The molecule has 1 nitrogen and oxygen atoms in total. The molecule has 0 aromatic heterocycles. The van der Waals surface area contributed by atoms with Crippen LogP contribution in [0.2, 0.25) is 0 Å². The van der Waals surface area contributed by atoms with Crippen molar-refractivity contribution in [1.29, 1.82) is 0 Å². The van der Waals surface area contributed by atoms with Crippen LogP contribution in [-0.4, -0.2) is 12.7 Å². The molecule has 2 atom stereocenters. The summed E-state index contributed by atoms with van der Waals surface area (Å²) in [5, 5.41) is 0. The molecule has 0 amide bonds. The zero-order valence-corrected chi connectivity index (χ0v) is 6.21. The quantitative estimate of drug-likeness (QED) is 0.494. The minimum Gasteiger partial charge on any atom is -0.374 e. The van der Waals surface area contributed by atoms with E-state index < -0.39 is 0 Å². The van der Waals surface area contributed by atoms with E-state index in [2.05, 4.69) is 25.2 Å². The maximum atomic E-state index is 5.47. The molecule has 2 unspecified atom stereocenters. The normalized spacial score (nSPS) is 37.5. The Hall–Kier alpha value is -0.560. The predicted octanol–water partition coefficient (Wildman–Crippen LogP) is 1.91. The van der Waals surface area contributed by atoms with Gasteiger partial charge in [0, 0.05) is 12.5 Å². The molecule has 0 N–H and O–H groups in total. The van der Waals surface area contributed by atoms with E-state index in [4.69, 9.17) is 4.74 Å². The lowest BCUT2D eigenvalue weighted by Gasteiger charge is -2.15. The standard InChI is InChI=1S/C9H12O/c1-7-2-3-9-8(6-7)4-5-10-9/h2-3,6,8-9H,4-5H2,1H3. The zero-order chi connectivity index (χ0) is 6.97. The summed E-state index contributed by atoms with van der Waals surface area (Å²) in [6.45, 7) is 3.08. The van der Waals surface area contributed by atoms with Gasteiger partial charge in [0.05, 0.1) is 6.10 Å². The summed E-state index contributed by atoms with van der Waals surface area (Å²) < 4.78 is 5.47. The van der Waals surface area contributed by atoms with E-state index in [1.807, 2.05) is 0 Å². The summed E-state index contributed by atoms with van der Waals surface area (Å²) in [6.07, 6.45) is 8.23. The number of ether oxygens (including phenoxy) is 1. The minimum atomic E-state index is 0.392. The first-order valence-electron chi connectivity index (χ1n) is 3.84. The molecule has 1 aliphatic heterocycles. The van der Waals surface area contributed by atoms with Crippen molar-refractivity contribution in [3.05, 3.63) is 23.8 Å². The van der Waals surface area contributed by atoms with Crippen molar-refractivity contribution in [1.82, 2.24) is 0 Å². The lowest BCUT2D eigenvalue weighted by molar-refractivity contribution is 0.134. The number of fused-ring (bicyclic) bond motifs is 1. The summed E-state index contributed by atoms with van der Waals surface area (Å²) in [7, 11) is 0. The molecule has 1 heteroatoms. The van der Waals surface area contributed by atoms with Crippen molar-refractivity contribution in [3.63, 3.8) is 0 Å². The van der Waals surface area contributed by atoms with Gasteiger partial charge in [-0.1, -0.05) is 23.8 Å². The van der Waals surface area contributed by atoms with E-state index in [1.165, 1.54) is 12.0 Å². The molecule has 1 aliphatic carbocycles. The van der Waals surface area contributed by atoms with Crippen LogP contribution in [0.3, 0.4) is 0 Å². The third-order valence-corrected chi connectivity index (χ3v) is 2.21. The van der Waals surface area contributed by atoms with Gasteiger partial charge in [0.1, 0.15) is 0 Å². The van der Waals surface area contributed by atoms with Crippen LogP contribution in [0.25, 0.3) is 0 Å². The molecule has 0 radical (unpaired) electrons. The number of allylic oxidation sites excluding steroid dienone is 2. The average Bonchev–Trinajstić information content (AvgIpc) is 2.33. The van der Waals surface area contributed by atoms with E-state index in [0.29, 0.717) is 12.0 Å². The Morgan fingerprint density at radius 2 is 2.50 bits per heavy atom. The van der Waals surface area contributed by atoms with Crippen LogP contribution >= 0.6 is 0 Å². The molecule has 1 heterocycles. The maximum absolute atomic E-state index is 5.47. The van der Waals surface area contributed by atoms with E-state index in [9.17, 15) is 0 Å². The van der Waals surface area contributed by atoms with E-state index in [1.54, 1.807) is 0 Å². The van der Waals surface area contributed by atoms with E-state index in [0.717, 1.165) is 6.61 Å². The molecule has 0 spiro atoms.